The second-order valence-electron chi connectivity index (χ2n) is 3.78. The first-order chi connectivity index (χ1) is 7.16. The quantitative estimate of drug-likeness (QED) is 0.841. The number of hydrogen-bond donors (Lipinski definition) is 1. The van der Waals surface area contributed by atoms with Gasteiger partial charge in [0.1, 0.15) is 0 Å². The van der Waals surface area contributed by atoms with Crippen LogP contribution in [0.15, 0.2) is 36.4 Å². The van der Waals surface area contributed by atoms with E-state index in [2.05, 4.69) is 62.2 Å². The molecule has 86 valence electrons. The Balaban J connectivity index is 0.00000128. The van der Waals surface area contributed by atoms with Crippen LogP contribution in [0.2, 0.25) is 0 Å². The van der Waals surface area contributed by atoms with Crippen LogP contribution < -0.4 is 11.1 Å². The predicted molar refractivity (Wildman–Crippen MR) is 73.3 cm³/mol. The van der Waals surface area contributed by atoms with Gasteiger partial charge in [-0.3, -0.25) is 0 Å². The third-order valence-electron chi connectivity index (χ3n) is 2.45. The monoisotopic (exact) mass is 234 g/mol. The van der Waals surface area contributed by atoms with E-state index in [-0.39, 0.29) is 6.15 Å². The molecular formula is C13H18N2S. The maximum Gasteiger partial charge on any atom is 0.0953 e. The number of thiophene rings is 1. The highest BCUT2D eigenvalue weighted by Crippen LogP contribution is 2.30. The van der Waals surface area contributed by atoms with E-state index in [0.29, 0.717) is 0 Å². The Morgan fingerprint density at radius 3 is 2.38 bits per heavy atom. The first kappa shape index (κ1) is 12.7. The summed E-state index contributed by atoms with van der Waals surface area (Å²) in [5.74, 6) is 0. The summed E-state index contributed by atoms with van der Waals surface area (Å²) in [6.45, 7) is 4.26. The molecule has 0 aliphatic rings. The molecule has 3 heteroatoms. The van der Waals surface area contributed by atoms with Gasteiger partial charge in [-0.05, 0) is 43.7 Å². The van der Waals surface area contributed by atoms with Crippen molar-refractivity contribution in [2.24, 2.45) is 0 Å². The average molecular weight is 234 g/mol. The van der Waals surface area contributed by atoms with Crippen LogP contribution in [0.4, 0.5) is 10.7 Å². The smallest absolute Gasteiger partial charge is 0.0953 e. The zero-order chi connectivity index (χ0) is 10.8. The number of benzene rings is 1. The van der Waals surface area contributed by atoms with Crippen molar-refractivity contribution >= 4 is 22.0 Å². The number of hydrogen-bond acceptors (Lipinski definition) is 3. The van der Waals surface area contributed by atoms with E-state index in [1.807, 2.05) is 11.3 Å². The summed E-state index contributed by atoms with van der Waals surface area (Å²) in [5.41, 5.74) is 2.55. The highest BCUT2D eigenvalue weighted by Gasteiger charge is 2.05. The Morgan fingerprint density at radius 1 is 1.06 bits per heavy atom. The third kappa shape index (κ3) is 2.62. The molecule has 1 aromatic heterocycles. The van der Waals surface area contributed by atoms with Crippen LogP contribution in [-0.2, 0) is 0 Å². The molecule has 0 amide bonds. The van der Waals surface area contributed by atoms with E-state index in [4.69, 9.17) is 0 Å². The zero-order valence-electron chi connectivity index (χ0n) is 10.0. The fourth-order valence-electron chi connectivity index (χ4n) is 1.57. The van der Waals surface area contributed by atoms with E-state index in [1.165, 1.54) is 21.1 Å². The molecule has 2 rings (SSSR count). The lowest BCUT2D eigenvalue weighted by Crippen LogP contribution is -2.07. The summed E-state index contributed by atoms with van der Waals surface area (Å²) in [4.78, 5) is 3.58. The normalized spacial score (nSPS) is 9.69. The highest BCUT2D eigenvalue weighted by molar-refractivity contribution is 7.16. The van der Waals surface area contributed by atoms with Crippen molar-refractivity contribution in [2.75, 3.05) is 11.9 Å². The fraction of sp³-hybridized carbons (Fsp3) is 0.231. The van der Waals surface area contributed by atoms with Crippen molar-refractivity contribution in [3.8, 4) is 0 Å². The molecule has 0 spiro atoms. The van der Waals surface area contributed by atoms with Crippen LogP contribution in [0.25, 0.3) is 0 Å². The number of nitrogens with zero attached hydrogens (tertiary/aromatic N) is 1. The second kappa shape index (κ2) is 5.14. The molecule has 1 heterocycles. The molecule has 0 saturated carbocycles. The molecule has 2 nitrogen and oxygen atoms in total. The van der Waals surface area contributed by atoms with E-state index in [1.54, 1.807) is 0 Å². The standard InChI is InChI=1S/C13H15NS.H3N/c1-10-5-4-6-12(9-10)14(3)13-8-7-11(2)15-13;/h4-9H,1-3H3;1H3. The molecule has 0 fully saturated rings. The lowest BCUT2D eigenvalue weighted by atomic mass is 10.2. The van der Waals surface area contributed by atoms with Gasteiger partial charge in [0.15, 0.2) is 0 Å². The van der Waals surface area contributed by atoms with Crippen LogP contribution in [-0.4, -0.2) is 7.05 Å². The molecule has 16 heavy (non-hydrogen) atoms. The summed E-state index contributed by atoms with van der Waals surface area (Å²) in [7, 11) is 2.11. The molecule has 0 aliphatic carbocycles. The Labute approximate surface area is 101 Å². The third-order valence-corrected chi connectivity index (χ3v) is 3.52. The summed E-state index contributed by atoms with van der Waals surface area (Å²) in [5, 5.41) is 1.29. The van der Waals surface area contributed by atoms with Crippen molar-refractivity contribution in [1.29, 1.82) is 0 Å². The minimum atomic E-state index is 0. The topological polar surface area (TPSA) is 38.2 Å². The van der Waals surface area contributed by atoms with Gasteiger partial charge in [-0.15, -0.1) is 11.3 Å². The van der Waals surface area contributed by atoms with Crippen molar-refractivity contribution < 1.29 is 0 Å². The fourth-order valence-corrected chi connectivity index (χ4v) is 2.41. The van der Waals surface area contributed by atoms with Gasteiger partial charge in [0.05, 0.1) is 5.00 Å². The van der Waals surface area contributed by atoms with Crippen LogP contribution >= 0.6 is 11.3 Å². The zero-order valence-corrected chi connectivity index (χ0v) is 10.8. The Morgan fingerprint density at radius 2 is 1.81 bits per heavy atom. The summed E-state index contributed by atoms with van der Waals surface area (Å²) in [6, 6.07) is 12.9. The van der Waals surface area contributed by atoms with Crippen molar-refractivity contribution in [1.82, 2.24) is 6.15 Å². The Kier molecular flexibility index (Phi) is 4.10. The van der Waals surface area contributed by atoms with Crippen LogP contribution in [0, 0.1) is 13.8 Å². The first-order valence-corrected chi connectivity index (χ1v) is 5.85. The number of rotatable bonds is 2. The van der Waals surface area contributed by atoms with Crippen LogP contribution in [0.3, 0.4) is 0 Å². The highest BCUT2D eigenvalue weighted by atomic mass is 32.1. The molecular weight excluding hydrogens is 216 g/mol. The van der Waals surface area contributed by atoms with Crippen molar-refractivity contribution in [3.63, 3.8) is 0 Å². The maximum absolute atomic E-state index is 2.23. The SMILES string of the molecule is Cc1cccc(N(C)c2ccc(C)s2)c1.N. The number of aryl methyl sites for hydroxylation is 2. The van der Waals surface area contributed by atoms with Gasteiger partial charge in [-0.1, -0.05) is 12.1 Å². The lowest BCUT2D eigenvalue weighted by molar-refractivity contribution is 1.23. The van der Waals surface area contributed by atoms with Crippen molar-refractivity contribution in [2.45, 2.75) is 13.8 Å². The minimum absolute atomic E-state index is 0. The predicted octanol–water partition coefficient (Wildman–Crippen LogP) is 4.29. The molecule has 0 unspecified atom stereocenters. The van der Waals surface area contributed by atoms with Gasteiger partial charge >= 0.3 is 0 Å². The second-order valence-corrected chi connectivity index (χ2v) is 5.05. The van der Waals surface area contributed by atoms with Gasteiger partial charge in [0.25, 0.3) is 0 Å². The molecule has 1 aromatic carbocycles. The van der Waals surface area contributed by atoms with E-state index >= 15 is 0 Å². The van der Waals surface area contributed by atoms with Gasteiger partial charge < -0.3 is 11.1 Å². The van der Waals surface area contributed by atoms with Gasteiger partial charge in [-0.25, -0.2) is 0 Å². The van der Waals surface area contributed by atoms with Crippen LogP contribution in [0.1, 0.15) is 10.4 Å². The Hall–Kier alpha value is -1.32. The van der Waals surface area contributed by atoms with Gasteiger partial charge in [0, 0.05) is 17.6 Å². The largest absolute Gasteiger partial charge is 0.344 e. The number of anilines is 2. The molecule has 0 radical (unpaired) electrons. The molecule has 0 bridgehead atoms. The van der Waals surface area contributed by atoms with Gasteiger partial charge in [-0.2, -0.15) is 0 Å². The lowest BCUT2D eigenvalue weighted by Gasteiger charge is -2.17. The Bertz CT molecular complexity index is 462. The summed E-state index contributed by atoms with van der Waals surface area (Å²) in [6.07, 6.45) is 0. The first-order valence-electron chi connectivity index (χ1n) is 5.03. The summed E-state index contributed by atoms with van der Waals surface area (Å²) < 4.78 is 0. The minimum Gasteiger partial charge on any atom is -0.344 e. The summed E-state index contributed by atoms with van der Waals surface area (Å²) >= 11 is 1.82. The van der Waals surface area contributed by atoms with Gasteiger partial charge in [0.2, 0.25) is 0 Å². The maximum atomic E-state index is 2.23. The molecule has 0 aliphatic heterocycles. The molecule has 0 saturated heterocycles. The van der Waals surface area contributed by atoms with Crippen LogP contribution in [0.5, 0.6) is 0 Å². The van der Waals surface area contributed by atoms with Crippen molar-refractivity contribution in [3.05, 3.63) is 46.8 Å². The van der Waals surface area contributed by atoms with E-state index in [0.717, 1.165) is 0 Å². The molecule has 0 atom stereocenters. The molecule has 3 N–H and O–H groups in total. The average Bonchev–Trinajstić information content (AvgIpc) is 2.64. The molecule has 2 aromatic rings. The van der Waals surface area contributed by atoms with E-state index in [9.17, 15) is 0 Å². The van der Waals surface area contributed by atoms with E-state index < -0.39 is 0 Å².